The summed E-state index contributed by atoms with van der Waals surface area (Å²) in [4.78, 5) is 21.1. The zero-order chi connectivity index (χ0) is 10.4. The predicted octanol–water partition coefficient (Wildman–Crippen LogP) is 2.09. The van der Waals surface area contributed by atoms with Crippen molar-refractivity contribution in [3.63, 3.8) is 0 Å². The molecule has 1 aromatic rings. The summed E-state index contributed by atoms with van der Waals surface area (Å²) in [5, 5.41) is 0.721. The molecule has 0 radical (unpaired) electrons. The second-order valence-electron chi connectivity index (χ2n) is 2.56. The van der Waals surface area contributed by atoms with Gasteiger partial charge in [-0.1, -0.05) is 15.9 Å². The standard InChI is InChI=1S/C10H9BrO3/c11-3-4-14-10-2-1-8(6-12)9(5-10)7-13/h1-2,5-7H,3-4H2. The van der Waals surface area contributed by atoms with E-state index in [2.05, 4.69) is 15.9 Å². The van der Waals surface area contributed by atoms with Gasteiger partial charge in [-0.25, -0.2) is 0 Å². The van der Waals surface area contributed by atoms with Crippen molar-refractivity contribution in [3.8, 4) is 5.75 Å². The minimum Gasteiger partial charge on any atom is -0.493 e. The van der Waals surface area contributed by atoms with Crippen LogP contribution in [-0.2, 0) is 0 Å². The highest BCUT2D eigenvalue weighted by Gasteiger charge is 2.02. The van der Waals surface area contributed by atoms with Gasteiger partial charge < -0.3 is 4.74 Å². The second-order valence-corrected chi connectivity index (χ2v) is 3.36. The molecule has 0 bridgehead atoms. The molecular weight excluding hydrogens is 248 g/mol. The minimum atomic E-state index is 0.354. The molecule has 74 valence electrons. The van der Waals surface area contributed by atoms with Crippen LogP contribution in [0.2, 0.25) is 0 Å². The van der Waals surface area contributed by atoms with Gasteiger partial charge in [0.05, 0.1) is 6.61 Å². The summed E-state index contributed by atoms with van der Waals surface area (Å²) in [6.45, 7) is 0.527. The lowest BCUT2D eigenvalue weighted by molar-refractivity contribution is 0.109. The Labute approximate surface area is 90.2 Å². The van der Waals surface area contributed by atoms with Crippen LogP contribution >= 0.6 is 15.9 Å². The van der Waals surface area contributed by atoms with E-state index in [1.165, 1.54) is 0 Å². The molecule has 0 aliphatic heterocycles. The highest BCUT2D eigenvalue weighted by Crippen LogP contribution is 2.15. The van der Waals surface area contributed by atoms with Crippen LogP contribution in [0.1, 0.15) is 20.7 Å². The number of carbonyl (C=O) groups is 2. The normalized spacial score (nSPS) is 9.50. The van der Waals surface area contributed by atoms with E-state index < -0.39 is 0 Å². The third kappa shape index (κ3) is 2.67. The Kier molecular flexibility index (Phi) is 4.32. The number of aldehydes is 2. The van der Waals surface area contributed by atoms with E-state index in [9.17, 15) is 9.59 Å². The van der Waals surface area contributed by atoms with Crippen molar-refractivity contribution >= 4 is 28.5 Å². The molecule has 0 atom stereocenters. The summed E-state index contributed by atoms with van der Waals surface area (Å²) in [7, 11) is 0. The van der Waals surface area contributed by atoms with Crippen molar-refractivity contribution in [1.82, 2.24) is 0 Å². The topological polar surface area (TPSA) is 43.4 Å². The van der Waals surface area contributed by atoms with Gasteiger partial charge in [0.15, 0.2) is 12.6 Å². The van der Waals surface area contributed by atoms with Crippen LogP contribution in [0.3, 0.4) is 0 Å². The van der Waals surface area contributed by atoms with E-state index in [1.807, 2.05) is 0 Å². The summed E-state index contributed by atoms with van der Waals surface area (Å²) in [6.07, 6.45) is 1.29. The first kappa shape index (κ1) is 10.9. The van der Waals surface area contributed by atoms with Crippen LogP contribution in [0.5, 0.6) is 5.75 Å². The van der Waals surface area contributed by atoms with Crippen LogP contribution in [0.25, 0.3) is 0 Å². The first-order valence-corrected chi connectivity index (χ1v) is 5.17. The molecule has 0 unspecified atom stereocenters. The van der Waals surface area contributed by atoms with Gasteiger partial charge in [0.25, 0.3) is 0 Å². The second kappa shape index (κ2) is 5.54. The van der Waals surface area contributed by atoms with Crippen molar-refractivity contribution in [1.29, 1.82) is 0 Å². The Morgan fingerprint density at radius 1 is 1.21 bits per heavy atom. The average molecular weight is 257 g/mol. The Bertz CT molecular complexity index is 336. The number of rotatable bonds is 5. The van der Waals surface area contributed by atoms with Crippen LogP contribution in [0.15, 0.2) is 18.2 Å². The maximum Gasteiger partial charge on any atom is 0.150 e. The van der Waals surface area contributed by atoms with E-state index in [1.54, 1.807) is 18.2 Å². The molecule has 0 fully saturated rings. The Hall–Kier alpha value is -1.16. The Morgan fingerprint density at radius 2 is 1.93 bits per heavy atom. The van der Waals surface area contributed by atoms with Crippen molar-refractivity contribution in [2.24, 2.45) is 0 Å². The van der Waals surface area contributed by atoms with Crippen LogP contribution < -0.4 is 4.74 Å². The number of ether oxygens (including phenoxy) is 1. The average Bonchev–Trinajstić information content (AvgIpc) is 2.25. The summed E-state index contributed by atoms with van der Waals surface area (Å²) < 4.78 is 5.28. The lowest BCUT2D eigenvalue weighted by Gasteiger charge is -2.05. The molecule has 0 saturated carbocycles. The SMILES string of the molecule is O=Cc1ccc(OCCBr)cc1C=O. The van der Waals surface area contributed by atoms with Crippen LogP contribution in [-0.4, -0.2) is 24.5 Å². The number of alkyl halides is 1. The molecule has 0 spiro atoms. The minimum absolute atomic E-state index is 0.354. The van der Waals surface area contributed by atoms with Crippen LogP contribution in [0.4, 0.5) is 0 Å². The third-order valence-corrected chi connectivity index (χ3v) is 1.98. The molecule has 0 saturated heterocycles. The summed E-state index contributed by atoms with van der Waals surface area (Å²) in [5.41, 5.74) is 0.735. The third-order valence-electron chi connectivity index (χ3n) is 1.66. The number of halogens is 1. The van der Waals surface area contributed by atoms with Gasteiger partial charge in [-0.3, -0.25) is 9.59 Å². The fraction of sp³-hybridized carbons (Fsp3) is 0.200. The van der Waals surface area contributed by atoms with Gasteiger partial charge in [-0.15, -0.1) is 0 Å². The summed E-state index contributed by atoms with van der Waals surface area (Å²) in [6, 6.07) is 4.79. The van der Waals surface area contributed by atoms with Crippen molar-refractivity contribution in [2.45, 2.75) is 0 Å². The molecule has 0 aliphatic carbocycles. The maximum atomic E-state index is 10.6. The molecule has 4 heteroatoms. The molecule has 3 nitrogen and oxygen atoms in total. The van der Waals surface area contributed by atoms with Gasteiger partial charge in [-0.05, 0) is 18.2 Å². The highest BCUT2D eigenvalue weighted by molar-refractivity contribution is 9.09. The molecule has 0 heterocycles. The largest absolute Gasteiger partial charge is 0.493 e. The van der Waals surface area contributed by atoms with Gasteiger partial charge in [-0.2, -0.15) is 0 Å². The molecule has 14 heavy (non-hydrogen) atoms. The zero-order valence-electron chi connectivity index (χ0n) is 7.40. The molecule has 0 aromatic heterocycles. The van der Waals surface area contributed by atoms with Gasteiger partial charge in [0, 0.05) is 16.5 Å². The molecule has 1 rings (SSSR count). The van der Waals surface area contributed by atoms with Gasteiger partial charge in [0.2, 0.25) is 0 Å². The summed E-state index contributed by atoms with van der Waals surface area (Å²) in [5.74, 6) is 0.595. The lowest BCUT2D eigenvalue weighted by Crippen LogP contribution is -1.99. The first-order valence-electron chi connectivity index (χ1n) is 4.05. The van der Waals surface area contributed by atoms with E-state index in [4.69, 9.17) is 4.74 Å². The predicted molar refractivity (Wildman–Crippen MR) is 56.5 cm³/mol. The molecule has 0 aliphatic rings. The monoisotopic (exact) mass is 256 g/mol. The Balaban J connectivity index is 2.89. The van der Waals surface area contributed by atoms with E-state index in [0.29, 0.717) is 36.1 Å². The molecule has 1 aromatic carbocycles. The van der Waals surface area contributed by atoms with E-state index >= 15 is 0 Å². The number of hydrogen-bond acceptors (Lipinski definition) is 3. The Morgan fingerprint density at radius 3 is 2.50 bits per heavy atom. The molecule has 0 N–H and O–H groups in total. The zero-order valence-corrected chi connectivity index (χ0v) is 8.99. The fourth-order valence-corrected chi connectivity index (χ4v) is 1.17. The molecule has 0 amide bonds. The van der Waals surface area contributed by atoms with Gasteiger partial charge in [0.1, 0.15) is 5.75 Å². The van der Waals surface area contributed by atoms with E-state index in [-0.39, 0.29) is 0 Å². The quantitative estimate of drug-likeness (QED) is 0.599. The molecular formula is C10H9BrO3. The number of carbonyl (C=O) groups excluding carboxylic acids is 2. The summed E-state index contributed by atoms with van der Waals surface area (Å²) >= 11 is 3.22. The number of hydrogen-bond donors (Lipinski definition) is 0. The number of benzene rings is 1. The maximum absolute atomic E-state index is 10.6. The smallest absolute Gasteiger partial charge is 0.150 e. The van der Waals surface area contributed by atoms with Gasteiger partial charge >= 0.3 is 0 Å². The fourth-order valence-electron chi connectivity index (χ4n) is 1.01. The van der Waals surface area contributed by atoms with Crippen molar-refractivity contribution in [3.05, 3.63) is 29.3 Å². The first-order chi connectivity index (χ1) is 6.81. The lowest BCUT2D eigenvalue weighted by atomic mass is 10.1. The van der Waals surface area contributed by atoms with E-state index in [0.717, 1.165) is 5.33 Å². The van der Waals surface area contributed by atoms with Crippen molar-refractivity contribution < 1.29 is 14.3 Å². The van der Waals surface area contributed by atoms with Crippen LogP contribution in [0, 0.1) is 0 Å². The van der Waals surface area contributed by atoms with Crippen molar-refractivity contribution in [2.75, 3.05) is 11.9 Å². The highest BCUT2D eigenvalue weighted by atomic mass is 79.9.